The summed E-state index contributed by atoms with van der Waals surface area (Å²) in [6.45, 7) is 1.58. The molecular weight excluding hydrogens is 368 g/mol. The molecule has 1 aromatic heterocycles. The molecule has 0 bridgehead atoms. The minimum Gasteiger partial charge on any atom is -0.467 e. The number of nitrogens with zero attached hydrogens (tertiary/aromatic N) is 2. The van der Waals surface area contributed by atoms with Gasteiger partial charge in [0.1, 0.15) is 11.8 Å². The van der Waals surface area contributed by atoms with Crippen LogP contribution in [0.3, 0.4) is 0 Å². The summed E-state index contributed by atoms with van der Waals surface area (Å²) in [7, 11) is 0. The van der Waals surface area contributed by atoms with Crippen LogP contribution in [0.2, 0.25) is 5.02 Å². The Hall–Kier alpha value is -2.60. The first kappa shape index (κ1) is 17.8. The molecule has 1 amide bonds. The first-order valence-corrected chi connectivity index (χ1v) is 9.31. The summed E-state index contributed by atoms with van der Waals surface area (Å²) in [5.74, 6) is -0.106. The van der Waals surface area contributed by atoms with Gasteiger partial charge in [0, 0.05) is 11.4 Å². The van der Waals surface area contributed by atoms with Crippen molar-refractivity contribution in [2.75, 3.05) is 0 Å². The normalized spacial score (nSPS) is 20.3. The molecule has 140 valence electrons. The molecule has 0 saturated heterocycles. The highest BCUT2D eigenvalue weighted by molar-refractivity contribution is 6.30. The minimum absolute atomic E-state index is 0.0622. The molecule has 2 aliphatic rings. The van der Waals surface area contributed by atoms with Crippen molar-refractivity contribution in [2.24, 2.45) is 11.0 Å². The molecule has 0 unspecified atom stereocenters. The van der Waals surface area contributed by atoms with Gasteiger partial charge < -0.3 is 9.15 Å². The third-order valence-electron chi connectivity index (χ3n) is 4.74. The van der Waals surface area contributed by atoms with Crippen LogP contribution in [0.25, 0.3) is 0 Å². The molecule has 2 atom stereocenters. The van der Waals surface area contributed by atoms with Gasteiger partial charge in [-0.1, -0.05) is 23.7 Å². The lowest BCUT2D eigenvalue weighted by molar-refractivity contribution is -0.161. The van der Waals surface area contributed by atoms with Gasteiger partial charge >= 0.3 is 5.97 Å². The van der Waals surface area contributed by atoms with E-state index in [0.717, 1.165) is 24.1 Å². The van der Waals surface area contributed by atoms with E-state index in [1.807, 2.05) is 18.2 Å². The van der Waals surface area contributed by atoms with E-state index in [0.29, 0.717) is 17.2 Å². The van der Waals surface area contributed by atoms with E-state index in [-0.39, 0.29) is 23.8 Å². The second-order valence-electron chi connectivity index (χ2n) is 6.83. The van der Waals surface area contributed by atoms with E-state index < -0.39 is 6.10 Å². The molecule has 1 saturated carbocycles. The van der Waals surface area contributed by atoms with Gasteiger partial charge in [-0.2, -0.15) is 5.10 Å². The van der Waals surface area contributed by atoms with Crippen LogP contribution in [0, 0.1) is 5.92 Å². The average Bonchev–Trinajstić information content (AvgIpc) is 3.20. The Kier molecular flexibility index (Phi) is 4.74. The van der Waals surface area contributed by atoms with Crippen LogP contribution >= 0.6 is 11.6 Å². The van der Waals surface area contributed by atoms with Crippen molar-refractivity contribution in [2.45, 2.75) is 38.3 Å². The molecule has 2 heterocycles. The lowest BCUT2D eigenvalue weighted by atomic mass is 10.0. The molecule has 0 spiro atoms. The highest BCUT2D eigenvalue weighted by atomic mass is 35.5. The standard InChI is InChI=1S/C20H19ClN2O4/c1-12(27-20(25)14-4-5-14)19(24)23-17(18-3-2-10-26-18)11-16(22-23)13-6-8-15(21)9-7-13/h2-3,6-10,12,14,17H,4-5,11H2,1H3/t12-,17+/m0/s1. The number of benzene rings is 1. The molecule has 0 radical (unpaired) electrons. The summed E-state index contributed by atoms with van der Waals surface area (Å²) in [6.07, 6.45) is 2.83. The minimum atomic E-state index is -0.899. The van der Waals surface area contributed by atoms with Gasteiger partial charge in [-0.05, 0) is 49.6 Å². The first-order valence-electron chi connectivity index (χ1n) is 8.93. The zero-order valence-electron chi connectivity index (χ0n) is 14.8. The van der Waals surface area contributed by atoms with Crippen molar-refractivity contribution < 1.29 is 18.7 Å². The van der Waals surface area contributed by atoms with Crippen molar-refractivity contribution in [1.29, 1.82) is 0 Å². The molecule has 1 aromatic carbocycles. The van der Waals surface area contributed by atoms with Crippen molar-refractivity contribution in [3.63, 3.8) is 0 Å². The summed E-state index contributed by atoms with van der Waals surface area (Å²) >= 11 is 5.96. The topological polar surface area (TPSA) is 72.1 Å². The summed E-state index contributed by atoms with van der Waals surface area (Å²) in [6, 6.07) is 10.5. The molecule has 1 aliphatic carbocycles. The Morgan fingerprint density at radius 2 is 2.00 bits per heavy atom. The van der Waals surface area contributed by atoms with E-state index >= 15 is 0 Å². The number of furan rings is 1. The number of hydrazone groups is 1. The van der Waals surface area contributed by atoms with Gasteiger partial charge in [-0.25, -0.2) is 5.01 Å². The Bertz CT molecular complexity index is 872. The second-order valence-corrected chi connectivity index (χ2v) is 7.26. The van der Waals surface area contributed by atoms with Crippen molar-refractivity contribution >= 4 is 29.2 Å². The fourth-order valence-corrected chi connectivity index (χ4v) is 3.19. The maximum absolute atomic E-state index is 12.9. The monoisotopic (exact) mass is 386 g/mol. The second kappa shape index (κ2) is 7.19. The number of amides is 1. The Morgan fingerprint density at radius 3 is 2.63 bits per heavy atom. The van der Waals surface area contributed by atoms with Gasteiger partial charge in [0.2, 0.25) is 0 Å². The highest BCUT2D eigenvalue weighted by Gasteiger charge is 2.39. The fraction of sp³-hybridized carbons (Fsp3) is 0.350. The van der Waals surface area contributed by atoms with Gasteiger partial charge in [0.15, 0.2) is 6.10 Å². The van der Waals surface area contributed by atoms with Gasteiger partial charge in [-0.3, -0.25) is 9.59 Å². The lowest BCUT2D eigenvalue weighted by Gasteiger charge is -2.23. The van der Waals surface area contributed by atoms with E-state index in [1.54, 1.807) is 31.4 Å². The Morgan fingerprint density at radius 1 is 1.26 bits per heavy atom. The molecular formula is C20H19ClN2O4. The predicted molar refractivity (Wildman–Crippen MR) is 99.2 cm³/mol. The van der Waals surface area contributed by atoms with Gasteiger partial charge in [0.25, 0.3) is 5.91 Å². The van der Waals surface area contributed by atoms with E-state index in [1.165, 1.54) is 5.01 Å². The van der Waals surface area contributed by atoms with Crippen LogP contribution in [-0.4, -0.2) is 28.7 Å². The summed E-state index contributed by atoms with van der Waals surface area (Å²) < 4.78 is 10.8. The average molecular weight is 387 g/mol. The fourth-order valence-electron chi connectivity index (χ4n) is 3.06. The summed E-state index contributed by atoms with van der Waals surface area (Å²) in [5, 5.41) is 6.52. The van der Waals surface area contributed by atoms with E-state index in [2.05, 4.69) is 5.10 Å². The third kappa shape index (κ3) is 3.76. The Labute approximate surface area is 161 Å². The summed E-state index contributed by atoms with van der Waals surface area (Å²) in [5.41, 5.74) is 1.64. The van der Waals surface area contributed by atoms with Gasteiger partial charge in [-0.15, -0.1) is 0 Å². The highest BCUT2D eigenvalue weighted by Crippen LogP contribution is 2.35. The lowest BCUT2D eigenvalue weighted by Crippen LogP contribution is -2.37. The molecule has 27 heavy (non-hydrogen) atoms. The molecule has 0 N–H and O–H groups in total. The smallest absolute Gasteiger partial charge is 0.309 e. The molecule has 1 fully saturated rings. The number of hydrogen-bond donors (Lipinski definition) is 0. The van der Waals surface area contributed by atoms with E-state index in [4.69, 9.17) is 20.8 Å². The molecule has 1 aliphatic heterocycles. The van der Waals surface area contributed by atoms with Crippen LogP contribution in [0.5, 0.6) is 0 Å². The van der Waals surface area contributed by atoms with Crippen LogP contribution in [0.4, 0.5) is 0 Å². The quantitative estimate of drug-likeness (QED) is 0.729. The van der Waals surface area contributed by atoms with Crippen LogP contribution in [-0.2, 0) is 14.3 Å². The number of rotatable bonds is 5. The first-order chi connectivity index (χ1) is 13.0. The number of halogens is 1. The van der Waals surface area contributed by atoms with E-state index in [9.17, 15) is 9.59 Å². The Balaban J connectivity index is 1.58. The van der Waals surface area contributed by atoms with Crippen molar-refractivity contribution in [1.82, 2.24) is 5.01 Å². The van der Waals surface area contributed by atoms with Crippen LogP contribution in [0.1, 0.15) is 43.6 Å². The maximum atomic E-state index is 12.9. The number of esters is 1. The summed E-state index contributed by atoms with van der Waals surface area (Å²) in [4.78, 5) is 24.8. The maximum Gasteiger partial charge on any atom is 0.309 e. The number of carbonyl (C=O) groups is 2. The largest absolute Gasteiger partial charge is 0.467 e. The van der Waals surface area contributed by atoms with Crippen LogP contribution < -0.4 is 0 Å². The molecule has 6 nitrogen and oxygen atoms in total. The molecule has 2 aromatic rings. The zero-order valence-corrected chi connectivity index (χ0v) is 15.6. The predicted octanol–water partition coefficient (Wildman–Crippen LogP) is 3.95. The number of carbonyl (C=O) groups excluding carboxylic acids is 2. The molecule has 7 heteroatoms. The van der Waals surface area contributed by atoms with Gasteiger partial charge in [0.05, 0.1) is 17.9 Å². The SMILES string of the molecule is C[C@H](OC(=O)C1CC1)C(=O)N1N=C(c2ccc(Cl)cc2)C[C@@H]1c1ccco1. The van der Waals surface area contributed by atoms with Crippen LogP contribution in [0.15, 0.2) is 52.2 Å². The molecule has 4 rings (SSSR count). The van der Waals surface area contributed by atoms with Crippen molar-refractivity contribution in [3.05, 3.63) is 59.0 Å². The third-order valence-corrected chi connectivity index (χ3v) is 4.99. The number of hydrogen-bond acceptors (Lipinski definition) is 5. The number of ether oxygens (including phenoxy) is 1. The van der Waals surface area contributed by atoms with Crippen molar-refractivity contribution in [3.8, 4) is 0 Å². The zero-order chi connectivity index (χ0) is 19.0.